The first-order valence-electron chi connectivity index (χ1n) is 8.03. The van der Waals surface area contributed by atoms with Gasteiger partial charge in [0.1, 0.15) is 5.82 Å². The predicted octanol–water partition coefficient (Wildman–Crippen LogP) is 4.01. The highest BCUT2D eigenvalue weighted by Gasteiger charge is 2.29. The molecule has 0 aromatic heterocycles. The van der Waals surface area contributed by atoms with E-state index in [-0.39, 0.29) is 23.8 Å². The topological polar surface area (TPSA) is 96.0 Å². The number of hydrogen-bond donors (Lipinski definition) is 1. The third kappa shape index (κ3) is 4.33. The fourth-order valence-electron chi connectivity index (χ4n) is 2.78. The summed E-state index contributed by atoms with van der Waals surface area (Å²) in [6.45, 7) is 0. The molecule has 0 aliphatic carbocycles. The maximum Gasteiger partial charge on any atom is 0.269 e. The Bertz CT molecular complexity index is 950. The smallest absolute Gasteiger partial charge is 0.269 e. The second-order valence-corrected chi connectivity index (χ2v) is 6.91. The summed E-state index contributed by atoms with van der Waals surface area (Å²) in [6, 6.07) is 14.0. The molecule has 6 nitrogen and oxygen atoms in total. The Hall–Kier alpha value is -3.18. The first-order chi connectivity index (χ1) is 13.0. The van der Waals surface area contributed by atoms with E-state index < -0.39 is 10.8 Å². The Labute approximate surface area is 158 Å². The molecule has 3 rings (SSSR count). The van der Waals surface area contributed by atoms with Crippen molar-refractivity contribution in [2.24, 2.45) is 0 Å². The number of carbonyl (C=O) groups excluding carboxylic acids is 1. The number of rotatable bonds is 5. The third-order valence-corrected chi connectivity index (χ3v) is 5.25. The molecule has 2 aromatic carbocycles. The molecule has 0 spiro atoms. The van der Waals surface area contributed by atoms with Gasteiger partial charge < -0.3 is 5.32 Å². The maximum absolute atomic E-state index is 13.2. The summed E-state index contributed by atoms with van der Waals surface area (Å²) in [7, 11) is 0. The molecule has 0 saturated heterocycles. The lowest BCUT2D eigenvalue weighted by molar-refractivity contribution is -0.384. The van der Waals surface area contributed by atoms with Crippen LogP contribution in [0, 0.1) is 27.3 Å². The summed E-state index contributed by atoms with van der Waals surface area (Å²) >= 11 is 1.28. The van der Waals surface area contributed by atoms with Gasteiger partial charge in [0.25, 0.3) is 5.69 Å². The van der Waals surface area contributed by atoms with E-state index in [0.29, 0.717) is 21.9 Å². The molecule has 0 radical (unpaired) electrons. The molecule has 0 saturated carbocycles. The lowest BCUT2D eigenvalue weighted by Gasteiger charge is -2.25. The van der Waals surface area contributed by atoms with Crippen molar-refractivity contribution < 1.29 is 14.1 Å². The van der Waals surface area contributed by atoms with Gasteiger partial charge >= 0.3 is 0 Å². The lowest BCUT2D eigenvalue weighted by Crippen LogP contribution is -2.30. The van der Waals surface area contributed by atoms with Crippen LogP contribution in [-0.2, 0) is 10.5 Å². The van der Waals surface area contributed by atoms with Crippen molar-refractivity contribution in [3.63, 3.8) is 0 Å². The Balaban J connectivity index is 1.82. The van der Waals surface area contributed by atoms with Gasteiger partial charge in [-0.05, 0) is 23.3 Å². The molecule has 1 aliphatic heterocycles. The molecule has 1 heterocycles. The normalized spacial score (nSPS) is 16.6. The van der Waals surface area contributed by atoms with Gasteiger partial charge in [-0.1, -0.05) is 24.3 Å². The van der Waals surface area contributed by atoms with E-state index in [2.05, 4.69) is 11.4 Å². The standard InChI is InChI=1S/C19H14FN3O3S/c20-14-5-3-13(4-6-14)16-9-18(24)22-19(17(16)10-21)27-11-12-1-7-15(8-2-12)23(25)26/h1-8,16H,9,11H2,(H,22,24)/t16-/m0/s1. The number of nitrogens with zero attached hydrogens (tertiary/aromatic N) is 2. The van der Waals surface area contributed by atoms with E-state index in [1.54, 1.807) is 24.3 Å². The van der Waals surface area contributed by atoms with Gasteiger partial charge in [0, 0.05) is 30.2 Å². The SMILES string of the molecule is N#CC1=C(SCc2ccc([N+](=O)[O-])cc2)NC(=O)C[C@H]1c1ccc(F)cc1. The average molecular weight is 383 g/mol. The number of nitro benzene ring substituents is 1. The minimum absolute atomic E-state index is 0.00280. The van der Waals surface area contributed by atoms with Crippen LogP contribution in [0.15, 0.2) is 59.1 Å². The monoisotopic (exact) mass is 383 g/mol. The van der Waals surface area contributed by atoms with Crippen LogP contribution in [0.25, 0.3) is 0 Å². The van der Waals surface area contributed by atoms with E-state index in [4.69, 9.17) is 0 Å². The van der Waals surface area contributed by atoms with Crippen molar-refractivity contribution in [2.75, 3.05) is 0 Å². The summed E-state index contributed by atoms with van der Waals surface area (Å²) in [6.07, 6.45) is 0.121. The van der Waals surface area contributed by atoms with Crippen molar-refractivity contribution in [1.29, 1.82) is 5.26 Å². The molecule has 27 heavy (non-hydrogen) atoms. The van der Waals surface area contributed by atoms with Crippen LogP contribution in [0.3, 0.4) is 0 Å². The third-order valence-electron chi connectivity index (χ3n) is 4.16. The highest BCUT2D eigenvalue weighted by atomic mass is 32.2. The first-order valence-corrected chi connectivity index (χ1v) is 9.02. The zero-order chi connectivity index (χ0) is 19.4. The number of benzene rings is 2. The number of nitriles is 1. The van der Waals surface area contributed by atoms with Crippen LogP contribution in [-0.4, -0.2) is 10.8 Å². The van der Waals surface area contributed by atoms with Crippen LogP contribution < -0.4 is 5.32 Å². The average Bonchev–Trinajstić information content (AvgIpc) is 2.66. The molecule has 2 aromatic rings. The number of nitrogens with one attached hydrogen (secondary N) is 1. The van der Waals surface area contributed by atoms with Crippen molar-refractivity contribution >= 4 is 23.4 Å². The van der Waals surface area contributed by atoms with Gasteiger partial charge in [0.2, 0.25) is 5.91 Å². The quantitative estimate of drug-likeness (QED) is 0.622. The summed E-state index contributed by atoms with van der Waals surface area (Å²) < 4.78 is 13.2. The predicted molar refractivity (Wildman–Crippen MR) is 98.9 cm³/mol. The molecule has 1 amide bonds. The van der Waals surface area contributed by atoms with Crippen molar-refractivity contribution in [3.8, 4) is 6.07 Å². The number of carbonyl (C=O) groups is 1. The molecular weight excluding hydrogens is 369 g/mol. The molecule has 1 aliphatic rings. The molecule has 0 unspecified atom stereocenters. The fraction of sp³-hybridized carbons (Fsp3) is 0.158. The molecule has 136 valence electrons. The second kappa shape index (κ2) is 8.01. The van der Waals surface area contributed by atoms with Gasteiger partial charge in [-0.3, -0.25) is 14.9 Å². The summed E-state index contributed by atoms with van der Waals surface area (Å²) in [5, 5.41) is 23.5. The minimum Gasteiger partial charge on any atom is -0.320 e. The minimum atomic E-state index is -0.470. The number of thioether (sulfide) groups is 1. The summed E-state index contributed by atoms with van der Waals surface area (Å²) in [5.41, 5.74) is 1.96. The number of non-ortho nitro benzene ring substituents is 1. The Morgan fingerprint density at radius 1 is 1.22 bits per heavy atom. The van der Waals surface area contributed by atoms with E-state index in [0.717, 1.165) is 5.56 Å². The number of amides is 1. The van der Waals surface area contributed by atoms with Gasteiger partial charge in [-0.2, -0.15) is 5.26 Å². The summed E-state index contributed by atoms with van der Waals surface area (Å²) in [4.78, 5) is 22.3. The Morgan fingerprint density at radius 2 is 1.89 bits per heavy atom. The number of nitro groups is 1. The zero-order valence-corrected chi connectivity index (χ0v) is 14.8. The highest BCUT2D eigenvalue weighted by molar-refractivity contribution is 8.02. The van der Waals surface area contributed by atoms with E-state index in [1.807, 2.05) is 0 Å². The van der Waals surface area contributed by atoms with Crippen LogP contribution in [0.1, 0.15) is 23.5 Å². The van der Waals surface area contributed by atoms with Crippen molar-refractivity contribution in [1.82, 2.24) is 5.32 Å². The molecule has 0 fully saturated rings. The first kappa shape index (κ1) is 18.6. The number of hydrogen-bond acceptors (Lipinski definition) is 5. The number of allylic oxidation sites excluding steroid dienone is 1. The van der Waals surface area contributed by atoms with Crippen LogP contribution in [0.2, 0.25) is 0 Å². The van der Waals surface area contributed by atoms with E-state index in [9.17, 15) is 24.6 Å². The Kier molecular flexibility index (Phi) is 5.52. The van der Waals surface area contributed by atoms with E-state index in [1.165, 1.54) is 36.0 Å². The lowest BCUT2D eigenvalue weighted by atomic mass is 9.87. The van der Waals surface area contributed by atoms with Gasteiger partial charge in [0.15, 0.2) is 0 Å². The fourth-order valence-corrected chi connectivity index (χ4v) is 3.82. The molecule has 8 heteroatoms. The van der Waals surface area contributed by atoms with Gasteiger partial charge in [-0.15, -0.1) is 11.8 Å². The molecular formula is C19H14FN3O3S. The van der Waals surface area contributed by atoms with E-state index >= 15 is 0 Å². The summed E-state index contributed by atoms with van der Waals surface area (Å²) in [5.74, 6) is -0.581. The molecule has 1 N–H and O–H groups in total. The van der Waals surface area contributed by atoms with Crippen molar-refractivity contribution in [3.05, 3.63) is 86.2 Å². The van der Waals surface area contributed by atoms with Crippen LogP contribution in [0.4, 0.5) is 10.1 Å². The molecule has 0 bridgehead atoms. The van der Waals surface area contributed by atoms with Crippen LogP contribution >= 0.6 is 11.8 Å². The van der Waals surface area contributed by atoms with Crippen LogP contribution in [0.5, 0.6) is 0 Å². The maximum atomic E-state index is 13.2. The van der Waals surface area contributed by atoms with Crippen molar-refractivity contribution in [2.45, 2.75) is 18.1 Å². The zero-order valence-electron chi connectivity index (χ0n) is 14.0. The number of halogens is 1. The largest absolute Gasteiger partial charge is 0.320 e. The second-order valence-electron chi connectivity index (χ2n) is 5.92. The van der Waals surface area contributed by atoms with Gasteiger partial charge in [0.05, 0.1) is 21.6 Å². The molecule has 1 atom stereocenters. The Morgan fingerprint density at radius 3 is 2.48 bits per heavy atom. The van der Waals surface area contributed by atoms with Gasteiger partial charge in [-0.25, -0.2) is 4.39 Å². The highest BCUT2D eigenvalue weighted by Crippen LogP contribution is 2.37.